The van der Waals surface area contributed by atoms with Crippen LogP contribution in [0, 0.1) is 0 Å². The number of aliphatic imine (C=N–C) groups is 1. The Morgan fingerprint density at radius 2 is 1.64 bits per heavy atom. The Hall–Kier alpha value is -1.96. The second-order valence-corrected chi connectivity index (χ2v) is 2.87. The molecule has 2 heteroatoms. The zero-order valence-corrected chi connectivity index (χ0v) is 7.67. The number of nitrogens with zero attached hydrogens (tertiary/aromatic N) is 2. The van der Waals surface area contributed by atoms with Crippen LogP contribution in [-0.4, -0.2) is 11.2 Å². The van der Waals surface area contributed by atoms with Crippen molar-refractivity contribution in [2.24, 2.45) is 4.99 Å². The largest absolute Gasteiger partial charge is 0.265 e. The Morgan fingerprint density at radius 1 is 0.929 bits per heavy atom. The van der Waals surface area contributed by atoms with Gasteiger partial charge in [0.1, 0.15) is 0 Å². The molecule has 1 heterocycles. The molecule has 0 bridgehead atoms. The predicted octanol–water partition coefficient (Wildman–Crippen LogP) is 2.83. The van der Waals surface area contributed by atoms with Gasteiger partial charge in [0.05, 0.1) is 5.69 Å². The Bertz CT molecular complexity index is 365. The normalized spacial score (nSPS) is 10.6. The Labute approximate surface area is 83.0 Å². The van der Waals surface area contributed by atoms with E-state index in [-0.39, 0.29) is 0 Å². The van der Waals surface area contributed by atoms with Crippen LogP contribution in [0.2, 0.25) is 0 Å². The zero-order chi connectivity index (χ0) is 9.64. The average molecular weight is 182 g/mol. The van der Waals surface area contributed by atoms with Crippen LogP contribution in [0.3, 0.4) is 0 Å². The van der Waals surface area contributed by atoms with Crippen LogP contribution in [-0.2, 0) is 0 Å². The van der Waals surface area contributed by atoms with Gasteiger partial charge in [0, 0.05) is 18.6 Å². The van der Waals surface area contributed by atoms with Crippen LogP contribution in [0.4, 0.5) is 5.69 Å². The molecule has 2 nitrogen and oxygen atoms in total. The summed E-state index contributed by atoms with van der Waals surface area (Å²) in [4.78, 5) is 8.26. The highest BCUT2D eigenvalue weighted by Gasteiger charge is 1.85. The third-order valence-electron chi connectivity index (χ3n) is 1.82. The summed E-state index contributed by atoms with van der Waals surface area (Å²) in [5, 5.41) is 0. The lowest BCUT2D eigenvalue weighted by atomic mass is 10.3. The van der Waals surface area contributed by atoms with E-state index in [2.05, 4.69) is 9.98 Å². The Morgan fingerprint density at radius 3 is 2.36 bits per heavy atom. The number of para-hydroxylation sites is 1. The van der Waals surface area contributed by atoms with Gasteiger partial charge in [-0.25, -0.2) is 0 Å². The quantitative estimate of drug-likeness (QED) is 0.655. The lowest BCUT2D eigenvalue weighted by Crippen LogP contribution is -1.79. The first-order chi connectivity index (χ1) is 6.95. The number of pyridine rings is 1. The minimum absolute atomic E-state index is 0.962. The second kappa shape index (κ2) is 4.33. The van der Waals surface area contributed by atoms with Gasteiger partial charge in [0.15, 0.2) is 0 Å². The van der Waals surface area contributed by atoms with Gasteiger partial charge in [-0.1, -0.05) is 18.2 Å². The van der Waals surface area contributed by atoms with Crippen LogP contribution >= 0.6 is 0 Å². The molecule has 0 spiro atoms. The van der Waals surface area contributed by atoms with E-state index in [4.69, 9.17) is 0 Å². The minimum Gasteiger partial charge on any atom is -0.265 e. The number of aromatic nitrogens is 1. The molecule has 68 valence electrons. The second-order valence-electron chi connectivity index (χ2n) is 2.87. The number of benzene rings is 1. The maximum Gasteiger partial charge on any atom is 0.0629 e. The summed E-state index contributed by atoms with van der Waals surface area (Å²) in [5.41, 5.74) is 2.02. The summed E-state index contributed by atoms with van der Waals surface area (Å²) in [6.45, 7) is 0. The first kappa shape index (κ1) is 8.63. The molecule has 0 unspecified atom stereocenters. The molecule has 0 radical (unpaired) electrons. The molecule has 0 amide bonds. The molecular formula is C12H10N2. The van der Waals surface area contributed by atoms with E-state index >= 15 is 0 Å². The van der Waals surface area contributed by atoms with E-state index in [0.29, 0.717) is 0 Å². The predicted molar refractivity (Wildman–Crippen MR) is 57.9 cm³/mol. The van der Waals surface area contributed by atoms with Gasteiger partial charge in [-0.15, -0.1) is 0 Å². The first-order valence-corrected chi connectivity index (χ1v) is 4.44. The smallest absolute Gasteiger partial charge is 0.0629 e. The highest BCUT2D eigenvalue weighted by atomic mass is 14.7. The molecule has 0 atom stereocenters. The summed E-state index contributed by atoms with van der Waals surface area (Å²) in [6.07, 6.45) is 5.34. The fourth-order valence-electron chi connectivity index (χ4n) is 1.11. The summed E-state index contributed by atoms with van der Waals surface area (Å²) in [5.74, 6) is 0. The maximum absolute atomic E-state index is 4.32. The summed E-state index contributed by atoms with van der Waals surface area (Å²) in [7, 11) is 0. The van der Waals surface area contributed by atoms with Gasteiger partial charge in [0.2, 0.25) is 0 Å². The van der Waals surface area contributed by atoms with Crippen LogP contribution in [0.5, 0.6) is 0 Å². The molecule has 2 aromatic rings. The van der Waals surface area contributed by atoms with Gasteiger partial charge in [-0.3, -0.25) is 9.98 Å². The van der Waals surface area contributed by atoms with Crippen LogP contribution < -0.4 is 0 Å². The fraction of sp³-hybridized carbons (Fsp3) is 0. The van der Waals surface area contributed by atoms with Crippen molar-refractivity contribution in [3.8, 4) is 0 Å². The van der Waals surface area contributed by atoms with E-state index in [1.807, 2.05) is 48.7 Å². The van der Waals surface area contributed by atoms with E-state index in [9.17, 15) is 0 Å². The number of hydrogen-bond donors (Lipinski definition) is 0. The molecule has 0 aliphatic rings. The van der Waals surface area contributed by atoms with Crippen molar-refractivity contribution in [1.29, 1.82) is 0 Å². The molecule has 0 aliphatic carbocycles. The molecule has 0 N–H and O–H groups in total. The van der Waals surface area contributed by atoms with Crippen molar-refractivity contribution in [3.63, 3.8) is 0 Å². The molecule has 1 aromatic heterocycles. The van der Waals surface area contributed by atoms with E-state index in [0.717, 1.165) is 11.3 Å². The molecule has 2 rings (SSSR count). The molecule has 14 heavy (non-hydrogen) atoms. The summed E-state index contributed by atoms with van der Waals surface area (Å²) < 4.78 is 0. The first-order valence-electron chi connectivity index (χ1n) is 4.44. The molecule has 0 fully saturated rings. The van der Waals surface area contributed by atoms with Crippen molar-refractivity contribution in [2.75, 3.05) is 0 Å². The fourth-order valence-corrected chi connectivity index (χ4v) is 1.11. The summed E-state index contributed by atoms with van der Waals surface area (Å²) in [6, 6.07) is 13.7. The highest BCUT2D eigenvalue weighted by molar-refractivity contribution is 5.81. The van der Waals surface area contributed by atoms with Gasteiger partial charge < -0.3 is 0 Å². The van der Waals surface area contributed by atoms with Crippen molar-refractivity contribution in [1.82, 2.24) is 4.98 Å². The molecular weight excluding hydrogens is 172 g/mol. The summed E-state index contributed by atoms with van der Waals surface area (Å²) >= 11 is 0. The van der Waals surface area contributed by atoms with Gasteiger partial charge in [-0.05, 0) is 29.8 Å². The van der Waals surface area contributed by atoms with E-state index < -0.39 is 0 Å². The SMILES string of the molecule is C(=N\c1ccccc1)/c1ccncc1. The zero-order valence-electron chi connectivity index (χ0n) is 7.67. The number of hydrogen-bond acceptors (Lipinski definition) is 2. The van der Waals surface area contributed by atoms with E-state index in [1.165, 1.54) is 0 Å². The van der Waals surface area contributed by atoms with Gasteiger partial charge in [0.25, 0.3) is 0 Å². The van der Waals surface area contributed by atoms with Gasteiger partial charge in [-0.2, -0.15) is 0 Å². The maximum atomic E-state index is 4.32. The topological polar surface area (TPSA) is 25.2 Å². The standard InChI is InChI=1S/C12H10N2/c1-2-4-12(5-3-1)14-10-11-6-8-13-9-7-11/h1-10H/b14-10+. The number of rotatable bonds is 2. The lowest BCUT2D eigenvalue weighted by molar-refractivity contribution is 1.32. The van der Waals surface area contributed by atoms with Crippen molar-refractivity contribution >= 4 is 11.9 Å². The highest BCUT2D eigenvalue weighted by Crippen LogP contribution is 2.09. The van der Waals surface area contributed by atoms with Crippen LogP contribution in [0.15, 0.2) is 59.9 Å². The Kier molecular flexibility index (Phi) is 2.67. The minimum atomic E-state index is 0.962. The third kappa shape index (κ3) is 2.26. The van der Waals surface area contributed by atoms with Crippen molar-refractivity contribution < 1.29 is 0 Å². The third-order valence-corrected chi connectivity index (χ3v) is 1.82. The average Bonchev–Trinajstić information content (AvgIpc) is 2.29. The molecule has 0 aliphatic heterocycles. The van der Waals surface area contributed by atoms with Crippen molar-refractivity contribution in [2.45, 2.75) is 0 Å². The monoisotopic (exact) mass is 182 g/mol. The Balaban J connectivity index is 2.16. The molecule has 0 saturated heterocycles. The molecule has 1 aromatic carbocycles. The lowest BCUT2D eigenvalue weighted by Gasteiger charge is -1.92. The van der Waals surface area contributed by atoms with Gasteiger partial charge >= 0.3 is 0 Å². The molecule has 0 saturated carbocycles. The van der Waals surface area contributed by atoms with Crippen LogP contribution in [0.25, 0.3) is 0 Å². The van der Waals surface area contributed by atoms with Crippen LogP contribution in [0.1, 0.15) is 5.56 Å². The van der Waals surface area contributed by atoms with E-state index in [1.54, 1.807) is 12.4 Å². The van der Waals surface area contributed by atoms with Crippen molar-refractivity contribution in [3.05, 3.63) is 60.4 Å².